The van der Waals surface area contributed by atoms with Crippen molar-refractivity contribution in [1.29, 1.82) is 0 Å². The maximum absolute atomic E-state index is 12.6. The van der Waals surface area contributed by atoms with E-state index in [-0.39, 0.29) is 37.0 Å². The predicted octanol–water partition coefficient (Wildman–Crippen LogP) is 8.31. The van der Waals surface area contributed by atoms with E-state index >= 15 is 0 Å². The molecule has 0 aliphatic rings. The van der Waals surface area contributed by atoms with Crippen molar-refractivity contribution in [2.75, 3.05) is 18.9 Å². The molecule has 0 bridgehead atoms. The summed E-state index contributed by atoms with van der Waals surface area (Å²) in [6.45, 7) is 6.92. The van der Waals surface area contributed by atoms with E-state index in [0.717, 1.165) is 19.3 Å². The Morgan fingerprint density at radius 2 is 1.32 bits per heavy atom. The molecule has 10 heteroatoms. The van der Waals surface area contributed by atoms with Crippen molar-refractivity contribution in [2.45, 2.75) is 168 Å². The van der Waals surface area contributed by atoms with E-state index in [2.05, 4.69) is 21.9 Å². The van der Waals surface area contributed by atoms with Crippen LogP contribution in [0.5, 0.6) is 0 Å². The summed E-state index contributed by atoms with van der Waals surface area (Å²) >= 11 is 0. The number of anilines is 1. The van der Waals surface area contributed by atoms with Crippen LogP contribution in [0.15, 0.2) is 12.5 Å². The first-order chi connectivity index (χ1) is 22.8. The normalized spacial score (nSPS) is 12.9. The number of hydrogen-bond acceptors (Lipinski definition) is 9. The molecule has 268 valence electrons. The van der Waals surface area contributed by atoms with Crippen LogP contribution in [0.3, 0.4) is 0 Å². The minimum Gasteiger partial charge on any atom is -0.465 e. The number of hydrogen-bond donors (Lipinski definition) is 2. The highest BCUT2D eigenvalue weighted by molar-refractivity contribution is 5.75. The second-order valence-corrected chi connectivity index (χ2v) is 13.7. The number of carbonyl (C=O) groups excluding carboxylic acids is 2. The maximum Gasteiger partial charge on any atom is 0.323 e. The summed E-state index contributed by atoms with van der Waals surface area (Å²) in [6.07, 6.45) is 29.3. The van der Waals surface area contributed by atoms with Gasteiger partial charge >= 0.3 is 11.9 Å². The molecule has 47 heavy (non-hydrogen) atoms. The molecule has 0 aromatic carbocycles. The molecule has 2 heterocycles. The van der Waals surface area contributed by atoms with E-state index in [9.17, 15) is 9.59 Å². The van der Waals surface area contributed by atoms with Crippen LogP contribution in [0.2, 0.25) is 0 Å². The number of imidazole rings is 1. The first-order valence-corrected chi connectivity index (χ1v) is 18.8. The lowest BCUT2D eigenvalue weighted by atomic mass is 10.0. The van der Waals surface area contributed by atoms with Gasteiger partial charge in [-0.1, -0.05) is 136 Å². The van der Waals surface area contributed by atoms with Gasteiger partial charge in [0, 0.05) is 18.9 Å². The predicted molar refractivity (Wildman–Crippen MR) is 191 cm³/mol. The highest BCUT2D eigenvalue weighted by atomic mass is 16.5. The number of nitrogen functional groups attached to an aromatic ring is 1. The number of aromatic nitrogens is 4. The Hall–Kier alpha value is -2.75. The zero-order valence-corrected chi connectivity index (χ0v) is 29.9. The lowest BCUT2D eigenvalue weighted by Crippen LogP contribution is -2.37. The summed E-state index contributed by atoms with van der Waals surface area (Å²) < 4.78 is 13.0. The van der Waals surface area contributed by atoms with Crippen LogP contribution in [0, 0.1) is 11.8 Å². The van der Waals surface area contributed by atoms with Crippen molar-refractivity contribution >= 4 is 29.1 Å². The van der Waals surface area contributed by atoms with Crippen LogP contribution < -0.4 is 11.5 Å². The largest absolute Gasteiger partial charge is 0.465 e. The van der Waals surface area contributed by atoms with Gasteiger partial charge in [0.15, 0.2) is 5.65 Å². The van der Waals surface area contributed by atoms with E-state index in [0.29, 0.717) is 30.6 Å². The molecule has 2 aromatic heterocycles. The van der Waals surface area contributed by atoms with Crippen LogP contribution in [-0.4, -0.2) is 50.7 Å². The minimum absolute atomic E-state index is 0.00855. The smallest absolute Gasteiger partial charge is 0.323 e. The molecule has 0 aliphatic carbocycles. The number of rotatable bonds is 29. The third kappa shape index (κ3) is 18.4. The van der Waals surface area contributed by atoms with Crippen molar-refractivity contribution in [2.24, 2.45) is 17.6 Å². The topological polar surface area (TPSA) is 148 Å². The van der Waals surface area contributed by atoms with Gasteiger partial charge in [-0.05, 0) is 18.8 Å². The molecule has 0 fully saturated rings. The number of unbranched alkanes of at least 4 members (excludes halogenated alkanes) is 18. The zero-order valence-electron chi connectivity index (χ0n) is 29.9. The Labute approximate surface area is 284 Å². The molecule has 2 aromatic rings. The molecule has 0 aliphatic heterocycles. The van der Waals surface area contributed by atoms with Crippen LogP contribution >= 0.6 is 0 Å². The van der Waals surface area contributed by atoms with E-state index in [1.165, 1.54) is 103 Å². The quantitative estimate of drug-likeness (QED) is 0.0650. The Morgan fingerprint density at radius 1 is 0.787 bits per heavy atom. The number of nitrogens with two attached hydrogens (primary N) is 2. The van der Waals surface area contributed by atoms with Gasteiger partial charge in [0.05, 0.1) is 25.7 Å². The van der Waals surface area contributed by atoms with Gasteiger partial charge in [0.1, 0.15) is 11.6 Å². The highest BCUT2D eigenvalue weighted by Gasteiger charge is 2.21. The molecular weight excluding hydrogens is 592 g/mol. The Kier molecular flexibility index (Phi) is 21.8. The second-order valence-electron chi connectivity index (χ2n) is 13.7. The highest BCUT2D eigenvalue weighted by Crippen LogP contribution is 2.17. The molecule has 0 radical (unpaired) electrons. The Balaban J connectivity index is 1.55. The van der Waals surface area contributed by atoms with Gasteiger partial charge < -0.3 is 25.5 Å². The van der Waals surface area contributed by atoms with E-state index < -0.39 is 12.0 Å². The molecular formula is C37H66N6O4. The standard InChI is InChI=1S/C37H66N6O4/c1-4-5-6-7-8-9-10-11-12-13-14-15-16-17-18-19-20-21-22-23-33(44)47-28-31(24-25-46-36(45)34(38)30(2)3)27-43-29-41-32-26-40-37(39)42-35(32)43/h26,29-31,34H,4-25,27-28,38H2,1-3H3,(H2,39,40,42)/t31?,34-/m0/s1. The lowest BCUT2D eigenvalue weighted by molar-refractivity contribution is -0.149. The first kappa shape index (κ1) is 40.4. The third-order valence-corrected chi connectivity index (χ3v) is 9.06. The summed E-state index contributed by atoms with van der Waals surface area (Å²) in [6, 6.07) is -0.664. The summed E-state index contributed by atoms with van der Waals surface area (Å²) in [4.78, 5) is 37.4. The number of ether oxygens (including phenoxy) is 2. The van der Waals surface area contributed by atoms with Crippen LogP contribution in [0.1, 0.15) is 156 Å². The summed E-state index contributed by atoms with van der Waals surface area (Å²) in [7, 11) is 0. The molecule has 0 amide bonds. The number of nitrogens with zero attached hydrogens (tertiary/aromatic N) is 4. The number of fused-ring (bicyclic) bond motifs is 1. The molecule has 10 nitrogen and oxygen atoms in total. The molecule has 0 spiro atoms. The van der Waals surface area contributed by atoms with E-state index in [1.807, 2.05) is 18.4 Å². The van der Waals surface area contributed by atoms with Crippen molar-refractivity contribution in [3.63, 3.8) is 0 Å². The van der Waals surface area contributed by atoms with Crippen LogP contribution in [0.25, 0.3) is 11.2 Å². The van der Waals surface area contributed by atoms with Crippen molar-refractivity contribution < 1.29 is 19.1 Å². The minimum atomic E-state index is -0.664. The van der Waals surface area contributed by atoms with Gasteiger partial charge in [-0.3, -0.25) is 9.59 Å². The monoisotopic (exact) mass is 659 g/mol. The average Bonchev–Trinajstić information content (AvgIpc) is 3.45. The van der Waals surface area contributed by atoms with E-state index in [1.54, 1.807) is 12.5 Å². The van der Waals surface area contributed by atoms with Gasteiger partial charge in [0.2, 0.25) is 5.95 Å². The number of esters is 2. The molecule has 2 rings (SSSR count). The van der Waals surface area contributed by atoms with Crippen molar-refractivity contribution in [3.8, 4) is 0 Å². The van der Waals surface area contributed by atoms with E-state index in [4.69, 9.17) is 20.9 Å². The fourth-order valence-corrected chi connectivity index (χ4v) is 5.83. The van der Waals surface area contributed by atoms with Crippen molar-refractivity contribution in [3.05, 3.63) is 12.5 Å². The van der Waals surface area contributed by atoms with Crippen molar-refractivity contribution in [1.82, 2.24) is 19.5 Å². The SMILES string of the molecule is CCCCCCCCCCCCCCCCCCCCCC(=O)OCC(CCOC(=O)[C@@H](N)C(C)C)Cn1cnc2cnc(N)nc21. The lowest BCUT2D eigenvalue weighted by Gasteiger charge is -2.19. The summed E-state index contributed by atoms with van der Waals surface area (Å²) in [5.41, 5.74) is 13.0. The second kappa shape index (κ2) is 25.3. The molecule has 0 saturated carbocycles. The third-order valence-electron chi connectivity index (χ3n) is 9.06. The Bertz CT molecular complexity index is 1110. The fraction of sp³-hybridized carbons (Fsp3) is 0.811. The maximum atomic E-state index is 12.6. The van der Waals surface area contributed by atoms with Gasteiger partial charge in [-0.2, -0.15) is 4.98 Å². The fourth-order valence-electron chi connectivity index (χ4n) is 5.83. The zero-order chi connectivity index (χ0) is 34.1. The summed E-state index contributed by atoms with van der Waals surface area (Å²) in [5, 5.41) is 0. The van der Waals surface area contributed by atoms with Gasteiger partial charge in [-0.15, -0.1) is 0 Å². The summed E-state index contributed by atoms with van der Waals surface area (Å²) in [5.74, 6) is -0.568. The number of carbonyl (C=O) groups is 2. The van der Waals surface area contributed by atoms with Crippen LogP contribution in [0.4, 0.5) is 5.95 Å². The van der Waals surface area contributed by atoms with Crippen LogP contribution in [-0.2, 0) is 25.6 Å². The molecule has 4 N–H and O–H groups in total. The molecule has 2 atom stereocenters. The Morgan fingerprint density at radius 3 is 1.85 bits per heavy atom. The molecule has 1 unspecified atom stereocenters. The molecule has 0 saturated heterocycles. The van der Waals surface area contributed by atoms with Gasteiger partial charge in [-0.25, -0.2) is 9.97 Å². The average molecular weight is 659 g/mol. The van der Waals surface area contributed by atoms with Gasteiger partial charge in [0.25, 0.3) is 0 Å². The first-order valence-electron chi connectivity index (χ1n) is 18.8.